The standard InChI is InChI=1S/C19H20BrN3O3S2/c20-17-7-3-2-6-16(17)18(24)22-19(27)21-14-8-10-15(11-9-14)28(25,26)23-12-4-1-5-13-23/h2-3,6-11H,1,4-5,12-13H2,(H2,21,22,24,27). The Bertz CT molecular complexity index is 972. The minimum atomic E-state index is -3.47. The highest BCUT2D eigenvalue weighted by Crippen LogP contribution is 2.22. The molecule has 0 aromatic heterocycles. The lowest BCUT2D eigenvalue weighted by Gasteiger charge is -2.25. The van der Waals surface area contributed by atoms with Crippen molar-refractivity contribution < 1.29 is 13.2 Å². The topological polar surface area (TPSA) is 78.5 Å². The number of hydrogen-bond donors (Lipinski definition) is 2. The van der Waals surface area contributed by atoms with Gasteiger partial charge < -0.3 is 5.32 Å². The van der Waals surface area contributed by atoms with Crippen LogP contribution in [-0.4, -0.2) is 36.8 Å². The molecular weight excluding hydrogens is 462 g/mol. The normalized spacial score (nSPS) is 15.0. The van der Waals surface area contributed by atoms with Crippen molar-refractivity contribution in [2.24, 2.45) is 0 Å². The average Bonchev–Trinajstić information content (AvgIpc) is 2.69. The molecule has 0 saturated carbocycles. The molecule has 2 aromatic carbocycles. The molecule has 1 aliphatic heterocycles. The summed E-state index contributed by atoms with van der Waals surface area (Å²) in [6, 6.07) is 13.4. The fourth-order valence-electron chi connectivity index (χ4n) is 2.94. The monoisotopic (exact) mass is 481 g/mol. The van der Waals surface area contributed by atoms with E-state index < -0.39 is 10.0 Å². The fourth-order valence-corrected chi connectivity index (χ4v) is 5.14. The van der Waals surface area contributed by atoms with Crippen molar-refractivity contribution in [2.75, 3.05) is 18.4 Å². The number of benzene rings is 2. The summed E-state index contributed by atoms with van der Waals surface area (Å²) in [5, 5.41) is 5.63. The number of carbonyl (C=O) groups is 1. The maximum absolute atomic E-state index is 12.7. The summed E-state index contributed by atoms with van der Waals surface area (Å²) < 4.78 is 27.5. The third kappa shape index (κ3) is 4.96. The first-order valence-electron chi connectivity index (χ1n) is 8.85. The van der Waals surface area contributed by atoms with E-state index in [-0.39, 0.29) is 15.9 Å². The number of halogens is 1. The van der Waals surface area contributed by atoms with Crippen LogP contribution in [0.1, 0.15) is 29.6 Å². The predicted octanol–water partition coefficient (Wildman–Crippen LogP) is 3.75. The lowest BCUT2D eigenvalue weighted by molar-refractivity contribution is 0.0977. The van der Waals surface area contributed by atoms with Crippen LogP contribution in [0.25, 0.3) is 0 Å². The number of sulfonamides is 1. The van der Waals surface area contributed by atoms with Crippen LogP contribution in [0.2, 0.25) is 0 Å². The maximum atomic E-state index is 12.7. The highest BCUT2D eigenvalue weighted by atomic mass is 79.9. The SMILES string of the molecule is O=C(NC(=S)Nc1ccc(S(=O)(=O)N2CCCCC2)cc1)c1ccccc1Br. The Morgan fingerprint density at radius 2 is 1.64 bits per heavy atom. The highest BCUT2D eigenvalue weighted by molar-refractivity contribution is 9.10. The molecule has 0 unspecified atom stereocenters. The lowest BCUT2D eigenvalue weighted by Crippen LogP contribution is -2.35. The Hall–Kier alpha value is -1.81. The summed E-state index contributed by atoms with van der Waals surface area (Å²) in [5.74, 6) is -0.339. The molecule has 2 N–H and O–H groups in total. The van der Waals surface area contributed by atoms with Gasteiger partial charge >= 0.3 is 0 Å². The Morgan fingerprint density at radius 3 is 2.29 bits per heavy atom. The summed E-state index contributed by atoms with van der Waals surface area (Å²) in [5.41, 5.74) is 1.06. The minimum absolute atomic E-state index is 0.132. The quantitative estimate of drug-likeness (QED) is 0.650. The van der Waals surface area contributed by atoms with E-state index in [9.17, 15) is 13.2 Å². The van der Waals surface area contributed by atoms with Crippen LogP contribution in [-0.2, 0) is 10.0 Å². The van der Waals surface area contributed by atoms with E-state index in [4.69, 9.17) is 12.2 Å². The molecule has 9 heteroatoms. The van der Waals surface area contributed by atoms with E-state index in [0.717, 1.165) is 19.3 Å². The molecule has 0 atom stereocenters. The average molecular weight is 482 g/mol. The molecule has 0 bridgehead atoms. The number of carbonyl (C=O) groups excluding carboxylic acids is 1. The van der Waals surface area contributed by atoms with Gasteiger partial charge in [0.2, 0.25) is 10.0 Å². The van der Waals surface area contributed by atoms with Gasteiger partial charge in [-0.15, -0.1) is 0 Å². The number of amides is 1. The molecule has 3 rings (SSSR count). The summed E-state index contributed by atoms with van der Waals surface area (Å²) in [6.45, 7) is 1.13. The Labute approximate surface area is 178 Å². The summed E-state index contributed by atoms with van der Waals surface area (Å²) in [6.07, 6.45) is 2.85. The van der Waals surface area contributed by atoms with E-state index in [1.54, 1.807) is 42.5 Å². The predicted molar refractivity (Wildman–Crippen MR) is 117 cm³/mol. The van der Waals surface area contributed by atoms with Crippen molar-refractivity contribution in [1.29, 1.82) is 0 Å². The second-order valence-corrected chi connectivity index (χ2v) is 9.58. The number of nitrogens with one attached hydrogen (secondary N) is 2. The minimum Gasteiger partial charge on any atom is -0.332 e. The largest absolute Gasteiger partial charge is 0.332 e. The van der Waals surface area contributed by atoms with Crippen LogP contribution in [0.15, 0.2) is 57.9 Å². The second-order valence-electron chi connectivity index (χ2n) is 6.38. The molecule has 28 heavy (non-hydrogen) atoms. The molecule has 1 amide bonds. The first kappa shape index (κ1) is 20.9. The van der Waals surface area contributed by atoms with Crippen LogP contribution in [0.4, 0.5) is 5.69 Å². The van der Waals surface area contributed by atoms with Crippen molar-refractivity contribution in [3.05, 3.63) is 58.6 Å². The lowest BCUT2D eigenvalue weighted by atomic mass is 10.2. The highest BCUT2D eigenvalue weighted by Gasteiger charge is 2.25. The number of nitrogens with zero attached hydrogens (tertiary/aromatic N) is 1. The molecule has 6 nitrogen and oxygen atoms in total. The van der Waals surface area contributed by atoms with Crippen LogP contribution in [0.5, 0.6) is 0 Å². The molecule has 0 aliphatic carbocycles. The van der Waals surface area contributed by atoms with Crippen LogP contribution >= 0.6 is 28.1 Å². The van der Waals surface area contributed by atoms with Gasteiger partial charge in [-0.05, 0) is 77.4 Å². The summed E-state index contributed by atoms with van der Waals surface area (Å²) in [4.78, 5) is 12.5. The van der Waals surface area contributed by atoms with Gasteiger partial charge in [0.25, 0.3) is 5.91 Å². The van der Waals surface area contributed by atoms with Crippen LogP contribution in [0.3, 0.4) is 0 Å². The number of anilines is 1. The van der Waals surface area contributed by atoms with Crippen molar-refractivity contribution in [1.82, 2.24) is 9.62 Å². The van der Waals surface area contributed by atoms with Gasteiger partial charge in [-0.1, -0.05) is 18.6 Å². The zero-order chi connectivity index (χ0) is 20.1. The first-order chi connectivity index (χ1) is 13.4. The van der Waals surface area contributed by atoms with E-state index in [0.29, 0.717) is 28.8 Å². The zero-order valence-electron chi connectivity index (χ0n) is 15.0. The van der Waals surface area contributed by atoms with Crippen LogP contribution < -0.4 is 10.6 Å². The van der Waals surface area contributed by atoms with Gasteiger partial charge in [-0.2, -0.15) is 4.31 Å². The van der Waals surface area contributed by atoms with Gasteiger partial charge in [0, 0.05) is 23.2 Å². The van der Waals surface area contributed by atoms with E-state index in [1.807, 2.05) is 6.07 Å². The number of rotatable bonds is 4. The Morgan fingerprint density at radius 1 is 1.00 bits per heavy atom. The van der Waals surface area contributed by atoms with Gasteiger partial charge in [0.15, 0.2) is 5.11 Å². The molecule has 0 radical (unpaired) electrons. The van der Waals surface area contributed by atoms with Gasteiger partial charge in [-0.25, -0.2) is 8.42 Å². The van der Waals surface area contributed by atoms with Crippen molar-refractivity contribution in [3.63, 3.8) is 0 Å². The van der Waals surface area contributed by atoms with Crippen molar-refractivity contribution in [3.8, 4) is 0 Å². The molecule has 148 valence electrons. The molecular formula is C19H20BrN3O3S2. The Balaban J connectivity index is 1.63. The molecule has 1 aliphatic rings. The number of piperidine rings is 1. The third-order valence-electron chi connectivity index (χ3n) is 4.41. The molecule has 1 fully saturated rings. The maximum Gasteiger partial charge on any atom is 0.258 e. The van der Waals surface area contributed by atoms with E-state index in [1.165, 1.54) is 4.31 Å². The van der Waals surface area contributed by atoms with Crippen LogP contribution in [0, 0.1) is 0 Å². The molecule has 1 saturated heterocycles. The zero-order valence-corrected chi connectivity index (χ0v) is 18.2. The molecule has 0 spiro atoms. The smallest absolute Gasteiger partial charge is 0.258 e. The number of hydrogen-bond acceptors (Lipinski definition) is 4. The van der Waals surface area contributed by atoms with E-state index in [2.05, 4.69) is 26.6 Å². The summed E-state index contributed by atoms with van der Waals surface area (Å²) >= 11 is 8.51. The van der Waals surface area contributed by atoms with E-state index >= 15 is 0 Å². The molecule has 1 heterocycles. The van der Waals surface area contributed by atoms with Crippen molar-refractivity contribution in [2.45, 2.75) is 24.2 Å². The first-order valence-corrected chi connectivity index (χ1v) is 11.5. The third-order valence-corrected chi connectivity index (χ3v) is 7.22. The van der Waals surface area contributed by atoms with Crippen molar-refractivity contribution >= 4 is 54.9 Å². The second kappa shape index (κ2) is 9.13. The summed E-state index contributed by atoms with van der Waals surface area (Å²) in [7, 11) is -3.47. The van der Waals surface area contributed by atoms with Gasteiger partial charge in [-0.3, -0.25) is 10.1 Å². The van der Waals surface area contributed by atoms with Gasteiger partial charge in [0.1, 0.15) is 0 Å². The number of thiocarbonyl (C=S) groups is 1. The molecule has 2 aromatic rings. The van der Waals surface area contributed by atoms with Gasteiger partial charge in [0.05, 0.1) is 10.5 Å². The Kier molecular flexibility index (Phi) is 6.82. The fraction of sp³-hybridized carbons (Fsp3) is 0.263.